The number of hydrogen-bond donors (Lipinski definition) is 1. The first-order valence-corrected chi connectivity index (χ1v) is 11.4. The molecule has 200 valence electrons. The smallest absolute Gasteiger partial charge is 0.416 e. The molecule has 0 saturated heterocycles. The van der Waals surface area contributed by atoms with Crippen LogP contribution in [0.3, 0.4) is 0 Å². The summed E-state index contributed by atoms with van der Waals surface area (Å²) in [4.78, 5) is 23.2. The molecule has 3 aromatic rings. The van der Waals surface area contributed by atoms with Crippen molar-refractivity contribution in [2.24, 2.45) is 0 Å². The number of benzene rings is 3. The number of nitro benzene ring substituents is 1. The van der Waals surface area contributed by atoms with Crippen LogP contribution in [0.1, 0.15) is 16.7 Å². The van der Waals surface area contributed by atoms with Crippen molar-refractivity contribution in [2.45, 2.75) is 12.6 Å². The molecule has 0 unspecified atom stereocenters. The van der Waals surface area contributed by atoms with E-state index in [0.717, 1.165) is 6.07 Å². The molecule has 0 aliphatic carbocycles. The summed E-state index contributed by atoms with van der Waals surface area (Å²) >= 11 is 5.93. The number of methoxy groups -OCH3 is 1. The average molecular weight is 558 g/mol. The van der Waals surface area contributed by atoms with E-state index >= 15 is 0 Å². The number of hydrogen-bond acceptors (Lipinski definition) is 6. The molecule has 0 radical (unpaired) electrons. The van der Waals surface area contributed by atoms with Gasteiger partial charge in [-0.3, -0.25) is 14.9 Å². The third-order valence-electron chi connectivity index (χ3n) is 5.19. The highest BCUT2D eigenvalue weighted by Crippen LogP contribution is 2.42. The fraction of sp³-hybridized carbons (Fsp3) is 0.111. The minimum Gasteiger partial charge on any atom is -0.493 e. The van der Waals surface area contributed by atoms with Crippen LogP contribution in [0.2, 0.25) is 5.02 Å². The minimum absolute atomic E-state index is 0.0145. The summed E-state index contributed by atoms with van der Waals surface area (Å²) < 4.78 is 50.4. The first-order valence-electron chi connectivity index (χ1n) is 11.0. The highest BCUT2D eigenvalue weighted by Gasteiger charge is 2.33. The predicted octanol–water partition coefficient (Wildman–Crippen LogP) is 7.34. The molecule has 0 bridgehead atoms. The minimum atomic E-state index is -4.79. The number of carbonyl (C=O) groups is 1. The molecule has 0 aliphatic rings. The number of carbonyl (C=O) groups excluding carboxylic acids is 1. The predicted molar refractivity (Wildman–Crippen MR) is 139 cm³/mol. The monoisotopic (exact) mass is 557 g/mol. The largest absolute Gasteiger partial charge is 0.493 e. The number of halogens is 4. The van der Waals surface area contributed by atoms with Crippen molar-refractivity contribution >= 4 is 35.0 Å². The van der Waals surface area contributed by atoms with E-state index in [1.54, 1.807) is 18.2 Å². The van der Waals surface area contributed by atoms with Crippen molar-refractivity contribution in [2.75, 3.05) is 12.4 Å². The second-order valence-electron chi connectivity index (χ2n) is 7.88. The molecule has 1 N–H and O–H groups in total. The fourth-order valence-electron chi connectivity index (χ4n) is 3.45. The number of amides is 1. The molecule has 0 spiro atoms. The van der Waals surface area contributed by atoms with Gasteiger partial charge in [-0.1, -0.05) is 23.7 Å². The molecule has 0 saturated carbocycles. The molecule has 0 atom stereocenters. The van der Waals surface area contributed by atoms with Crippen molar-refractivity contribution in [3.8, 4) is 23.3 Å². The number of nitrogens with zero attached hydrogens (tertiary/aromatic N) is 2. The topological polar surface area (TPSA) is 114 Å². The number of anilines is 1. The van der Waals surface area contributed by atoms with Gasteiger partial charge in [0.1, 0.15) is 11.6 Å². The van der Waals surface area contributed by atoms with Gasteiger partial charge in [0.25, 0.3) is 5.91 Å². The Hall–Kier alpha value is -4.82. The maximum atomic E-state index is 13.1. The Morgan fingerprint density at radius 1 is 1.21 bits per heavy atom. The van der Waals surface area contributed by atoms with Crippen LogP contribution in [0.5, 0.6) is 17.2 Å². The van der Waals surface area contributed by atoms with Gasteiger partial charge in [-0.15, -0.1) is 6.58 Å². The van der Waals surface area contributed by atoms with Crippen LogP contribution >= 0.6 is 11.6 Å². The lowest BCUT2D eigenvalue weighted by atomic mass is 10.0. The molecule has 39 heavy (non-hydrogen) atoms. The van der Waals surface area contributed by atoms with Gasteiger partial charge in [-0.2, -0.15) is 18.4 Å². The first kappa shape index (κ1) is 28.7. The van der Waals surface area contributed by atoms with E-state index in [4.69, 9.17) is 21.1 Å². The zero-order valence-electron chi connectivity index (χ0n) is 20.2. The van der Waals surface area contributed by atoms with Crippen LogP contribution in [0.25, 0.3) is 6.08 Å². The molecular formula is C27H19ClF3N3O5. The maximum absolute atomic E-state index is 13.1. The molecule has 0 aromatic heterocycles. The number of allylic oxidation sites excluding steroid dienone is 1. The van der Waals surface area contributed by atoms with E-state index in [9.17, 15) is 33.3 Å². The van der Waals surface area contributed by atoms with E-state index in [2.05, 4.69) is 11.9 Å². The second-order valence-corrected chi connectivity index (χ2v) is 8.31. The lowest BCUT2D eigenvalue weighted by molar-refractivity contribution is -0.385. The van der Waals surface area contributed by atoms with E-state index in [1.807, 2.05) is 6.07 Å². The third kappa shape index (κ3) is 7.15. The number of rotatable bonds is 9. The van der Waals surface area contributed by atoms with Gasteiger partial charge in [0.2, 0.25) is 5.75 Å². The maximum Gasteiger partial charge on any atom is 0.416 e. The standard InChI is InChI=1S/C27H19ClF3N3O5/c1-3-5-17-10-16(11-18(15-32)26(35)33-21-7-4-6-20(28)14-21)12-24(38-2)25(17)39-23-9-8-19(27(29,30)31)13-22(23)34(36)37/h3-4,6-14H,1,5H2,2H3,(H,33,35)/b18-11+. The Morgan fingerprint density at radius 3 is 2.54 bits per heavy atom. The van der Waals surface area contributed by atoms with Crippen molar-refractivity contribution in [1.82, 2.24) is 0 Å². The number of ether oxygens (including phenoxy) is 2. The van der Waals surface area contributed by atoms with Gasteiger partial charge < -0.3 is 14.8 Å². The van der Waals surface area contributed by atoms with Crippen LogP contribution in [0.15, 0.2) is 72.8 Å². The van der Waals surface area contributed by atoms with Crippen LogP contribution in [0.4, 0.5) is 24.5 Å². The van der Waals surface area contributed by atoms with Crippen LogP contribution in [-0.2, 0) is 17.4 Å². The zero-order valence-corrected chi connectivity index (χ0v) is 21.0. The molecule has 8 nitrogen and oxygen atoms in total. The number of nitro groups is 1. The molecule has 0 fully saturated rings. The van der Waals surface area contributed by atoms with E-state index < -0.39 is 34.0 Å². The number of nitrogens with one attached hydrogen (secondary N) is 1. The highest BCUT2D eigenvalue weighted by atomic mass is 35.5. The molecule has 12 heteroatoms. The molecule has 0 aliphatic heterocycles. The number of nitriles is 1. The lowest BCUT2D eigenvalue weighted by Gasteiger charge is -2.16. The van der Waals surface area contributed by atoms with Crippen molar-refractivity contribution in [1.29, 1.82) is 5.26 Å². The van der Waals surface area contributed by atoms with Gasteiger partial charge >= 0.3 is 11.9 Å². The molecule has 3 rings (SSSR count). The summed E-state index contributed by atoms with van der Waals surface area (Å²) in [5.41, 5.74) is -1.27. The summed E-state index contributed by atoms with van der Waals surface area (Å²) in [6, 6.07) is 13.0. The molecule has 1 amide bonds. The van der Waals surface area contributed by atoms with E-state index in [-0.39, 0.29) is 23.5 Å². The van der Waals surface area contributed by atoms with Gasteiger partial charge in [-0.25, -0.2) is 0 Å². The van der Waals surface area contributed by atoms with Crippen molar-refractivity contribution in [3.05, 3.63) is 105 Å². The summed E-state index contributed by atoms with van der Waals surface area (Å²) in [5, 5.41) is 24.0. The Balaban J connectivity index is 2.04. The Bertz CT molecular complexity index is 1510. The number of alkyl halides is 3. The zero-order chi connectivity index (χ0) is 28.7. The summed E-state index contributed by atoms with van der Waals surface area (Å²) in [6.07, 6.45) is -1.86. The van der Waals surface area contributed by atoms with E-state index in [0.29, 0.717) is 34.0 Å². The Kier molecular flexibility index (Phi) is 8.96. The van der Waals surface area contributed by atoms with Crippen LogP contribution < -0.4 is 14.8 Å². The molecule has 0 heterocycles. The quantitative estimate of drug-likeness (QED) is 0.0967. The van der Waals surface area contributed by atoms with E-state index in [1.165, 1.54) is 37.5 Å². The van der Waals surface area contributed by atoms with Gasteiger partial charge in [0, 0.05) is 22.3 Å². The molecular weight excluding hydrogens is 539 g/mol. The Labute approximate surface area is 225 Å². The first-order chi connectivity index (χ1) is 18.5. The third-order valence-corrected chi connectivity index (χ3v) is 5.43. The summed E-state index contributed by atoms with van der Waals surface area (Å²) in [6.45, 7) is 3.66. The van der Waals surface area contributed by atoms with Crippen molar-refractivity contribution < 1.29 is 32.4 Å². The van der Waals surface area contributed by atoms with Crippen LogP contribution in [-0.4, -0.2) is 17.9 Å². The average Bonchev–Trinajstić information content (AvgIpc) is 2.87. The lowest BCUT2D eigenvalue weighted by Crippen LogP contribution is -2.13. The Morgan fingerprint density at radius 2 is 1.95 bits per heavy atom. The molecule has 3 aromatic carbocycles. The normalized spacial score (nSPS) is 11.3. The van der Waals surface area contributed by atoms with Crippen LogP contribution in [0, 0.1) is 21.4 Å². The fourth-order valence-corrected chi connectivity index (χ4v) is 3.64. The van der Waals surface area contributed by atoms with Gasteiger partial charge in [0.05, 0.1) is 17.6 Å². The van der Waals surface area contributed by atoms with Crippen molar-refractivity contribution in [3.63, 3.8) is 0 Å². The SMILES string of the molecule is C=CCc1cc(/C=C(\C#N)C(=O)Nc2cccc(Cl)c2)cc(OC)c1Oc1ccc(C(F)(F)F)cc1[N+](=O)[O-]. The summed E-state index contributed by atoms with van der Waals surface area (Å²) in [5.74, 6) is -1.12. The summed E-state index contributed by atoms with van der Waals surface area (Å²) in [7, 11) is 1.28. The van der Waals surface area contributed by atoms with Gasteiger partial charge in [0.15, 0.2) is 11.5 Å². The second kappa shape index (κ2) is 12.1. The van der Waals surface area contributed by atoms with Gasteiger partial charge in [-0.05, 0) is 60.5 Å². The highest BCUT2D eigenvalue weighted by molar-refractivity contribution is 6.31.